The molecule has 0 radical (unpaired) electrons. The molecule has 3 nitrogen and oxygen atoms in total. The Labute approximate surface area is 129 Å². The van der Waals surface area contributed by atoms with Crippen LogP contribution in [0.25, 0.3) is 0 Å². The predicted octanol–water partition coefficient (Wildman–Crippen LogP) is 3.52. The molecule has 21 heavy (non-hydrogen) atoms. The van der Waals surface area contributed by atoms with E-state index in [2.05, 4.69) is 39.8 Å². The first-order valence-electron chi connectivity index (χ1n) is 7.93. The lowest BCUT2D eigenvalue weighted by atomic mass is 9.96. The Balaban J connectivity index is 2.78. The van der Waals surface area contributed by atoms with Crippen LogP contribution in [0.5, 0.6) is 5.75 Å². The molecule has 0 aliphatic heterocycles. The van der Waals surface area contributed by atoms with Gasteiger partial charge in [-0.3, -0.25) is 0 Å². The van der Waals surface area contributed by atoms with Crippen molar-refractivity contribution in [2.24, 2.45) is 5.92 Å². The summed E-state index contributed by atoms with van der Waals surface area (Å²) in [5.41, 5.74) is 2.38. The molecule has 1 aromatic rings. The summed E-state index contributed by atoms with van der Waals surface area (Å²) in [6, 6.07) is 6.24. The molecule has 2 atom stereocenters. The highest BCUT2D eigenvalue weighted by atomic mass is 16.5. The maximum absolute atomic E-state index is 9.69. The number of hydrogen-bond acceptors (Lipinski definition) is 3. The van der Waals surface area contributed by atoms with Crippen molar-refractivity contribution in [3.63, 3.8) is 0 Å². The summed E-state index contributed by atoms with van der Waals surface area (Å²) < 4.78 is 5.89. The van der Waals surface area contributed by atoms with Crippen LogP contribution < -0.4 is 4.74 Å². The summed E-state index contributed by atoms with van der Waals surface area (Å²) in [6.07, 6.45) is -0.00920. The minimum Gasteiger partial charge on any atom is -0.493 e. The molecule has 120 valence electrons. The van der Waals surface area contributed by atoms with E-state index >= 15 is 0 Å². The van der Waals surface area contributed by atoms with E-state index in [9.17, 15) is 10.2 Å². The summed E-state index contributed by atoms with van der Waals surface area (Å²) >= 11 is 0. The second kappa shape index (κ2) is 8.40. The molecule has 3 heteroatoms. The Morgan fingerprint density at radius 1 is 1.05 bits per heavy atom. The van der Waals surface area contributed by atoms with E-state index in [1.807, 2.05) is 6.07 Å². The maximum Gasteiger partial charge on any atom is 0.122 e. The molecule has 0 fully saturated rings. The summed E-state index contributed by atoms with van der Waals surface area (Å²) in [5.74, 6) is 1.86. The smallest absolute Gasteiger partial charge is 0.122 e. The first-order chi connectivity index (χ1) is 9.81. The number of rotatable bonds is 8. The van der Waals surface area contributed by atoms with E-state index in [1.54, 1.807) is 6.92 Å². The fourth-order valence-corrected chi connectivity index (χ4v) is 2.15. The normalized spacial score (nSPS) is 14.5. The maximum atomic E-state index is 9.69. The van der Waals surface area contributed by atoms with Crippen molar-refractivity contribution >= 4 is 0 Å². The second-order valence-corrected chi connectivity index (χ2v) is 6.58. The zero-order valence-electron chi connectivity index (χ0n) is 14.0. The standard InChI is InChI=1S/C18H30O3/c1-12(2)11-21-18-9-7-15(10-16(18)13(3)4)6-8-17(20)14(5)19/h7,9-10,12-14,17,19-20H,6,8,11H2,1-5H3. The van der Waals surface area contributed by atoms with Crippen LogP contribution >= 0.6 is 0 Å². The highest BCUT2D eigenvalue weighted by Crippen LogP contribution is 2.28. The molecule has 0 heterocycles. The lowest BCUT2D eigenvalue weighted by Gasteiger charge is -2.18. The number of ether oxygens (including phenoxy) is 1. The molecule has 0 aliphatic carbocycles. The molecule has 0 aromatic heterocycles. The van der Waals surface area contributed by atoms with Gasteiger partial charge in [-0.05, 0) is 48.8 Å². The van der Waals surface area contributed by atoms with Gasteiger partial charge in [0.05, 0.1) is 18.8 Å². The largest absolute Gasteiger partial charge is 0.493 e. The van der Waals surface area contributed by atoms with Crippen LogP contribution in [-0.4, -0.2) is 29.0 Å². The van der Waals surface area contributed by atoms with Crippen LogP contribution in [0.1, 0.15) is 58.1 Å². The third kappa shape index (κ3) is 6.06. The van der Waals surface area contributed by atoms with Crippen LogP contribution in [0.15, 0.2) is 18.2 Å². The summed E-state index contributed by atoms with van der Waals surface area (Å²) in [7, 11) is 0. The van der Waals surface area contributed by atoms with Gasteiger partial charge >= 0.3 is 0 Å². The van der Waals surface area contributed by atoms with Crippen LogP contribution in [0, 0.1) is 5.92 Å². The van der Waals surface area contributed by atoms with Crippen molar-refractivity contribution in [3.05, 3.63) is 29.3 Å². The Morgan fingerprint density at radius 2 is 1.71 bits per heavy atom. The lowest BCUT2D eigenvalue weighted by molar-refractivity contribution is 0.0265. The number of hydrogen-bond donors (Lipinski definition) is 2. The fourth-order valence-electron chi connectivity index (χ4n) is 2.15. The van der Waals surface area contributed by atoms with Gasteiger partial charge in [-0.1, -0.05) is 39.8 Å². The van der Waals surface area contributed by atoms with Gasteiger partial charge in [-0.2, -0.15) is 0 Å². The third-order valence-electron chi connectivity index (χ3n) is 3.55. The number of aliphatic hydroxyl groups is 2. The molecule has 0 amide bonds. The number of benzene rings is 1. The average molecular weight is 294 g/mol. The highest BCUT2D eigenvalue weighted by Gasteiger charge is 2.13. The minimum atomic E-state index is -0.678. The second-order valence-electron chi connectivity index (χ2n) is 6.58. The van der Waals surface area contributed by atoms with E-state index in [1.165, 1.54) is 11.1 Å². The van der Waals surface area contributed by atoms with Gasteiger partial charge in [-0.25, -0.2) is 0 Å². The average Bonchev–Trinajstić information content (AvgIpc) is 2.42. The Morgan fingerprint density at radius 3 is 2.24 bits per heavy atom. The summed E-state index contributed by atoms with van der Waals surface area (Å²) in [6.45, 7) is 10.9. The van der Waals surface area contributed by atoms with E-state index in [0.29, 0.717) is 18.3 Å². The molecule has 0 saturated heterocycles. The zero-order valence-corrected chi connectivity index (χ0v) is 14.0. The molecule has 1 rings (SSSR count). The van der Waals surface area contributed by atoms with Crippen LogP contribution in [0.3, 0.4) is 0 Å². The third-order valence-corrected chi connectivity index (χ3v) is 3.55. The predicted molar refractivity (Wildman–Crippen MR) is 86.9 cm³/mol. The van der Waals surface area contributed by atoms with Crippen molar-refractivity contribution in [2.75, 3.05) is 6.61 Å². The van der Waals surface area contributed by atoms with Gasteiger partial charge in [-0.15, -0.1) is 0 Å². The fraction of sp³-hybridized carbons (Fsp3) is 0.667. The molecule has 0 saturated carbocycles. The lowest BCUT2D eigenvalue weighted by Crippen LogP contribution is -2.22. The topological polar surface area (TPSA) is 49.7 Å². The van der Waals surface area contributed by atoms with Gasteiger partial charge in [0.15, 0.2) is 0 Å². The van der Waals surface area contributed by atoms with E-state index in [4.69, 9.17) is 4.74 Å². The van der Waals surface area contributed by atoms with Crippen LogP contribution in [0.4, 0.5) is 0 Å². The van der Waals surface area contributed by atoms with Gasteiger partial charge < -0.3 is 14.9 Å². The van der Waals surface area contributed by atoms with Crippen molar-refractivity contribution < 1.29 is 14.9 Å². The van der Waals surface area contributed by atoms with Gasteiger partial charge in [0.25, 0.3) is 0 Å². The monoisotopic (exact) mass is 294 g/mol. The van der Waals surface area contributed by atoms with E-state index in [-0.39, 0.29) is 0 Å². The summed E-state index contributed by atoms with van der Waals surface area (Å²) in [5, 5.41) is 19.0. The summed E-state index contributed by atoms with van der Waals surface area (Å²) in [4.78, 5) is 0. The zero-order chi connectivity index (χ0) is 16.0. The molecule has 2 unspecified atom stereocenters. The minimum absolute atomic E-state index is 0.397. The Hall–Kier alpha value is -1.06. The molecule has 0 bridgehead atoms. The Bertz CT molecular complexity index is 424. The number of aryl methyl sites for hydroxylation is 1. The van der Waals surface area contributed by atoms with Crippen molar-refractivity contribution in [2.45, 2.75) is 65.6 Å². The van der Waals surface area contributed by atoms with Crippen molar-refractivity contribution in [3.8, 4) is 5.75 Å². The van der Waals surface area contributed by atoms with Gasteiger partial charge in [0.2, 0.25) is 0 Å². The molecular weight excluding hydrogens is 264 g/mol. The molecule has 1 aromatic carbocycles. The SMILES string of the molecule is CC(C)COc1ccc(CCC(O)C(C)O)cc1C(C)C. The quantitative estimate of drug-likeness (QED) is 0.771. The van der Waals surface area contributed by atoms with E-state index < -0.39 is 12.2 Å². The molecule has 2 N–H and O–H groups in total. The van der Waals surface area contributed by atoms with Crippen LogP contribution in [0.2, 0.25) is 0 Å². The number of aliphatic hydroxyl groups excluding tert-OH is 2. The van der Waals surface area contributed by atoms with Crippen LogP contribution in [-0.2, 0) is 6.42 Å². The first kappa shape index (κ1) is 18.0. The van der Waals surface area contributed by atoms with Crippen molar-refractivity contribution in [1.29, 1.82) is 0 Å². The molecule has 0 spiro atoms. The van der Waals surface area contributed by atoms with E-state index in [0.717, 1.165) is 18.8 Å². The first-order valence-corrected chi connectivity index (χ1v) is 7.93. The Kier molecular flexibility index (Phi) is 7.20. The molecule has 0 aliphatic rings. The highest BCUT2D eigenvalue weighted by molar-refractivity contribution is 5.39. The van der Waals surface area contributed by atoms with Crippen molar-refractivity contribution in [1.82, 2.24) is 0 Å². The van der Waals surface area contributed by atoms with Gasteiger partial charge in [0.1, 0.15) is 5.75 Å². The van der Waals surface area contributed by atoms with Gasteiger partial charge in [0, 0.05) is 0 Å². The molecular formula is C18H30O3.